The average Bonchev–Trinajstić information content (AvgIpc) is 2.59. The maximum absolute atomic E-state index is 10.3. The Labute approximate surface area is 106 Å². The minimum Gasteiger partial charge on any atom is -0.389 e. The van der Waals surface area contributed by atoms with Crippen molar-refractivity contribution in [3.05, 3.63) is 0 Å². The highest BCUT2D eigenvalue weighted by Crippen LogP contribution is 2.30. The van der Waals surface area contributed by atoms with E-state index in [-0.39, 0.29) is 11.5 Å². The van der Waals surface area contributed by atoms with Crippen LogP contribution in [0.5, 0.6) is 0 Å². The third kappa shape index (κ3) is 4.94. The first kappa shape index (κ1) is 14.9. The molecule has 0 bridgehead atoms. The van der Waals surface area contributed by atoms with Crippen LogP contribution < -0.4 is 5.73 Å². The predicted molar refractivity (Wildman–Crippen MR) is 73.0 cm³/mol. The average molecular weight is 242 g/mol. The molecule has 0 radical (unpaired) electrons. The summed E-state index contributed by atoms with van der Waals surface area (Å²) in [6, 6.07) is 0.225. The van der Waals surface area contributed by atoms with Gasteiger partial charge in [0.2, 0.25) is 0 Å². The minimum absolute atomic E-state index is 0.172. The van der Waals surface area contributed by atoms with Gasteiger partial charge in [0.25, 0.3) is 0 Å². The first-order chi connectivity index (χ1) is 7.73. The van der Waals surface area contributed by atoms with E-state index in [0.717, 1.165) is 32.4 Å². The summed E-state index contributed by atoms with van der Waals surface area (Å²) in [4.78, 5) is 2.23. The van der Waals surface area contributed by atoms with Crippen LogP contribution in [0.2, 0.25) is 0 Å². The first-order valence-electron chi connectivity index (χ1n) is 6.89. The van der Waals surface area contributed by atoms with Crippen LogP contribution in [0.1, 0.15) is 52.9 Å². The summed E-state index contributed by atoms with van der Waals surface area (Å²) < 4.78 is 0. The van der Waals surface area contributed by atoms with Crippen LogP contribution in [0.4, 0.5) is 0 Å². The minimum atomic E-state index is -0.430. The summed E-state index contributed by atoms with van der Waals surface area (Å²) >= 11 is 0. The Morgan fingerprint density at radius 1 is 1.29 bits per heavy atom. The van der Waals surface area contributed by atoms with Gasteiger partial charge >= 0.3 is 0 Å². The number of hydrogen-bond acceptors (Lipinski definition) is 3. The number of nitrogens with two attached hydrogens (primary N) is 1. The molecule has 0 aromatic heterocycles. The lowest BCUT2D eigenvalue weighted by Crippen LogP contribution is -2.42. The number of likely N-dealkylation sites (N-methyl/N-ethyl adjacent to an activating group) is 1. The Morgan fingerprint density at radius 3 is 2.29 bits per heavy atom. The fourth-order valence-electron chi connectivity index (χ4n) is 2.57. The fourth-order valence-corrected chi connectivity index (χ4v) is 2.57. The lowest BCUT2D eigenvalue weighted by Gasteiger charge is -2.32. The van der Waals surface area contributed by atoms with Crippen molar-refractivity contribution >= 4 is 0 Å². The normalized spacial score (nSPS) is 22.1. The van der Waals surface area contributed by atoms with Gasteiger partial charge < -0.3 is 15.7 Å². The van der Waals surface area contributed by atoms with E-state index >= 15 is 0 Å². The van der Waals surface area contributed by atoms with Crippen LogP contribution in [0.15, 0.2) is 0 Å². The molecule has 1 atom stereocenters. The molecule has 3 heteroatoms. The number of nitrogens with zero attached hydrogens (tertiary/aromatic N) is 1. The van der Waals surface area contributed by atoms with Crippen LogP contribution >= 0.6 is 0 Å². The number of rotatable bonds is 5. The largest absolute Gasteiger partial charge is 0.389 e. The van der Waals surface area contributed by atoms with Crippen LogP contribution in [0, 0.1) is 5.41 Å². The molecule has 1 fully saturated rings. The molecule has 1 aliphatic carbocycles. The van der Waals surface area contributed by atoms with E-state index in [1.807, 2.05) is 0 Å². The monoisotopic (exact) mass is 242 g/mol. The molecule has 0 aromatic carbocycles. The van der Waals surface area contributed by atoms with E-state index in [1.165, 1.54) is 12.8 Å². The van der Waals surface area contributed by atoms with Gasteiger partial charge in [-0.2, -0.15) is 0 Å². The molecule has 17 heavy (non-hydrogen) atoms. The van der Waals surface area contributed by atoms with Gasteiger partial charge in [-0.1, -0.05) is 33.6 Å². The standard InChI is InChI=1S/C14H30N2O/c1-13(2,3)12(15)7-10-16(4)11-14(17)8-5-6-9-14/h12,17H,5-11,15H2,1-4H3. The van der Waals surface area contributed by atoms with Crippen molar-refractivity contribution in [3.63, 3.8) is 0 Å². The maximum atomic E-state index is 10.3. The van der Waals surface area contributed by atoms with Gasteiger partial charge in [0.1, 0.15) is 0 Å². The topological polar surface area (TPSA) is 49.5 Å². The van der Waals surface area contributed by atoms with E-state index in [0.29, 0.717) is 0 Å². The van der Waals surface area contributed by atoms with Crippen LogP contribution in [-0.2, 0) is 0 Å². The lowest BCUT2D eigenvalue weighted by atomic mass is 9.85. The van der Waals surface area contributed by atoms with E-state index in [9.17, 15) is 5.11 Å². The second-order valence-corrected chi connectivity index (χ2v) is 6.93. The van der Waals surface area contributed by atoms with Gasteiger partial charge in [0.15, 0.2) is 0 Å². The maximum Gasteiger partial charge on any atom is 0.0774 e. The van der Waals surface area contributed by atoms with E-state index in [1.54, 1.807) is 0 Å². The molecule has 1 aliphatic rings. The van der Waals surface area contributed by atoms with Crippen molar-refractivity contribution in [2.45, 2.75) is 64.5 Å². The summed E-state index contributed by atoms with van der Waals surface area (Å²) in [7, 11) is 2.09. The van der Waals surface area contributed by atoms with Gasteiger partial charge in [-0.15, -0.1) is 0 Å². The van der Waals surface area contributed by atoms with Crippen LogP contribution in [0.3, 0.4) is 0 Å². The summed E-state index contributed by atoms with van der Waals surface area (Å²) in [6.07, 6.45) is 5.26. The molecule has 0 saturated heterocycles. The molecule has 0 aliphatic heterocycles. The Morgan fingerprint density at radius 2 is 1.82 bits per heavy atom. The van der Waals surface area contributed by atoms with E-state index in [4.69, 9.17) is 5.73 Å². The molecule has 1 saturated carbocycles. The summed E-state index contributed by atoms with van der Waals surface area (Å²) in [5.41, 5.74) is 5.89. The van der Waals surface area contributed by atoms with Crippen molar-refractivity contribution in [2.24, 2.45) is 11.1 Å². The molecule has 3 N–H and O–H groups in total. The van der Waals surface area contributed by atoms with Gasteiger partial charge in [-0.05, 0) is 38.3 Å². The molecule has 1 rings (SSSR count). The second-order valence-electron chi connectivity index (χ2n) is 6.93. The van der Waals surface area contributed by atoms with E-state index < -0.39 is 5.60 Å². The van der Waals surface area contributed by atoms with Crippen LogP contribution in [-0.4, -0.2) is 41.8 Å². The number of aliphatic hydroxyl groups is 1. The lowest BCUT2D eigenvalue weighted by molar-refractivity contribution is 0.0152. The second kappa shape index (κ2) is 5.68. The molecular formula is C14H30N2O. The van der Waals surface area contributed by atoms with Gasteiger partial charge in [-0.3, -0.25) is 0 Å². The van der Waals surface area contributed by atoms with Gasteiger partial charge in [0, 0.05) is 12.6 Å². The Balaban J connectivity index is 2.28. The zero-order valence-electron chi connectivity index (χ0n) is 12.0. The Kier molecular flexibility index (Phi) is 4.99. The molecule has 0 aromatic rings. The van der Waals surface area contributed by atoms with Crippen molar-refractivity contribution in [1.29, 1.82) is 0 Å². The van der Waals surface area contributed by atoms with Crippen LogP contribution in [0.25, 0.3) is 0 Å². The predicted octanol–water partition coefficient (Wildman–Crippen LogP) is 1.99. The SMILES string of the molecule is CN(CCC(N)C(C)(C)C)CC1(O)CCCC1. The molecule has 3 nitrogen and oxygen atoms in total. The highest BCUT2D eigenvalue weighted by molar-refractivity contribution is 4.87. The molecule has 0 amide bonds. The highest BCUT2D eigenvalue weighted by atomic mass is 16.3. The number of hydrogen-bond donors (Lipinski definition) is 2. The third-order valence-electron chi connectivity index (χ3n) is 4.03. The first-order valence-corrected chi connectivity index (χ1v) is 6.89. The van der Waals surface area contributed by atoms with Gasteiger partial charge in [0.05, 0.1) is 5.60 Å². The van der Waals surface area contributed by atoms with Crippen molar-refractivity contribution < 1.29 is 5.11 Å². The van der Waals surface area contributed by atoms with Crippen molar-refractivity contribution in [3.8, 4) is 0 Å². The van der Waals surface area contributed by atoms with Crippen molar-refractivity contribution in [1.82, 2.24) is 4.90 Å². The zero-order valence-corrected chi connectivity index (χ0v) is 12.0. The van der Waals surface area contributed by atoms with Gasteiger partial charge in [-0.25, -0.2) is 0 Å². The molecular weight excluding hydrogens is 212 g/mol. The molecule has 0 spiro atoms. The van der Waals surface area contributed by atoms with Crippen molar-refractivity contribution in [2.75, 3.05) is 20.1 Å². The molecule has 1 unspecified atom stereocenters. The quantitative estimate of drug-likeness (QED) is 0.775. The summed E-state index contributed by atoms with van der Waals surface area (Å²) in [5.74, 6) is 0. The summed E-state index contributed by atoms with van der Waals surface area (Å²) in [5, 5.41) is 10.3. The fraction of sp³-hybridized carbons (Fsp3) is 1.00. The summed E-state index contributed by atoms with van der Waals surface area (Å²) in [6.45, 7) is 8.32. The smallest absolute Gasteiger partial charge is 0.0774 e. The molecule has 0 heterocycles. The highest BCUT2D eigenvalue weighted by Gasteiger charge is 2.32. The third-order valence-corrected chi connectivity index (χ3v) is 4.03. The Bertz CT molecular complexity index is 229. The van der Waals surface area contributed by atoms with E-state index in [2.05, 4.69) is 32.7 Å². The zero-order chi connectivity index (χ0) is 13.1. The Hall–Kier alpha value is -0.120. The molecule has 102 valence electrons.